The summed E-state index contributed by atoms with van der Waals surface area (Å²) >= 11 is 0. The van der Waals surface area contributed by atoms with Gasteiger partial charge in [-0.25, -0.2) is 9.36 Å². The van der Waals surface area contributed by atoms with Crippen molar-refractivity contribution >= 4 is 25.7 Å². The minimum atomic E-state index is -4.80. The van der Waals surface area contributed by atoms with Crippen LogP contribution in [-0.2, 0) is 32.7 Å². The summed E-state index contributed by atoms with van der Waals surface area (Å²) in [6.07, 6.45) is 65.0. The number of aliphatic hydroxyl groups excluding tert-OH is 1. The lowest BCUT2D eigenvalue weighted by Crippen LogP contribution is -2.43. The van der Waals surface area contributed by atoms with Crippen molar-refractivity contribution in [1.29, 1.82) is 0 Å². The highest BCUT2D eigenvalue weighted by Gasteiger charge is 2.28. The maximum absolute atomic E-state index is 12.3. The van der Waals surface area contributed by atoms with Crippen molar-refractivity contribution in [2.45, 2.75) is 167 Å². The number of carboxylic acids is 1. The maximum Gasteiger partial charge on any atom is 0.472 e. The Hall–Kier alpha value is -4.38. The molecule has 4 N–H and O–H groups in total. The zero-order valence-electron chi connectivity index (χ0n) is 40.2. The third kappa shape index (κ3) is 46.2. The molecule has 0 aliphatic heterocycles. The van der Waals surface area contributed by atoms with E-state index in [1.165, 1.54) is 25.7 Å². The molecule has 0 fully saturated rings. The summed E-state index contributed by atoms with van der Waals surface area (Å²) in [5, 5.41) is 21.8. The van der Waals surface area contributed by atoms with Gasteiger partial charge in [0.1, 0.15) is 12.7 Å². The van der Waals surface area contributed by atoms with Crippen LogP contribution in [0.2, 0.25) is 0 Å². The van der Waals surface area contributed by atoms with Crippen LogP contribution >= 0.6 is 7.82 Å². The molecule has 3 unspecified atom stereocenters. The number of unbranched alkanes of at least 4 members (excludes halogenated alkanes) is 8. The number of amides is 1. The van der Waals surface area contributed by atoms with E-state index < -0.39 is 57.6 Å². The minimum absolute atomic E-state index is 0.0993. The Kier molecular flexibility index (Phi) is 44.0. The Balaban J connectivity index is 4.05. The van der Waals surface area contributed by atoms with Gasteiger partial charge in [0, 0.05) is 12.8 Å². The second kappa shape index (κ2) is 47.1. The van der Waals surface area contributed by atoms with Gasteiger partial charge in [-0.3, -0.25) is 18.6 Å². The number of phosphoric acid groups is 1. The molecule has 0 aromatic carbocycles. The second-order valence-corrected chi connectivity index (χ2v) is 17.0. The average Bonchev–Trinajstić information content (AvgIpc) is 3.29. The Morgan fingerprint density at radius 2 is 0.909 bits per heavy atom. The first-order chi connectivity index (χ1) is 32.1. The molecule has 0 spiro atoms. The number of rotatable bonds is 43. The minimum Gasteiger partial charge on any atom is -0.480 e. The molecule has 66 heavy (non-hydrogen) atoms. The molecule has 0 radical (unpaired) electrons. The summed E-state index contributed by atoms with van der Waals surface area (Å²) in [5.74, 6) is -2.59. The molecule has 0 heterocycles. The number of hydrogen-bond acceptors (Lipinski definition) is 8. The standard InChI is InChI=1S/C54H84NO10P/c1-3-5-7-9-11-13-15-17-19-21-23-25-27-29-31-33-35-37-39-41-43-45-52(57)55-51(54(59)60)49-65-66(61,62)64-48-50(56)47-63-53(58)46-44-42-40-38-36-34-32-30-28-26-24-22-20-18-16-14-12-10-8-6-4-2/h5,7,11-14,17-20,23-26,29-32,35,37,41,43,50-51,56H,3-4,6,8-10,15-16,21-22,27-28,33-34,36,38-40,42,44-49H2,1-2H3,(H,55,57)(H,59,60)(H,61,62)/b7-5-,13-11-,14-12-,19-17-,20-18-,25-23-,26-24-,31-29-,32-30-,37-35-,43-41-. The first kappa shape index (κ1) is 61.6. The third-order valence-corrected chi connectivity index (χ3v) is 10.4. The first-order valence-electron chi connectivity index (χ1n) is 24.2. The van der Waals surface area contributed by atoms with Crippen molar-refractivity contribution in [2.24, 2.45) is 0 Å². The highest BCUT2D eigenvalue weighted by Crippen LogP contribution is 2.43. The number of aliphatic carboxylic acids is 1. The van der Waals surface area contributed by atoms with Crippen molar-refractivity contribution < 1.29 is 47.8 Å². The molecule has 0 aliphatic rings. The van der Waals surface area contributed by atoms with Crippen molar-refractivity contribution in [3.8, 4) is 0 Å². The largest absolute Gasteiger partial charge is 0.480 e. The van der Waals surface area contributed by atoms with Crippen LogP contribution in [-0.4, -0.2) is 64.9 Å². The predicted molar refractivity (Wildman–Crippen MR) is 272 cm³/mol. The molecular formula is C54H84NO10P. The molecule has 0 rings (SSSR count). The van der Waals surface area contributed by atoms with Crippen LogP contribution in [0.15, 0.2) is 134 Å². The van der Waals surface area contributed by atoms with Gasteiger partial charge >= 0.3 is 19.8 Å². The zero-order valence-corrected chi connectivity index (χ0v) is 41.1. The lowest BCUT2D eigenvalue weighted by Gasteiger charge is -2.18. The fraction of sp³-hybridized carbons (Fsp3) is 0.537. The van der Waals surface area contributed by atoms with Gasteiger partial charge in [0.15, 0.2) is 6.04 Å². The zero-order chi connectivity index (χ0) is 48.4. The maximum atomic E-state index is 12.3. The number of esters is 1. The number of hydrogen-bond donors (Lipinski definition) is 4. The van der Waals surface area contributed by atoms with E-state index in [9.17, 15) is 34.1 Å². The average molecular weight is 938 g/mol. The number of ether oxygens (including phenoxy) is 1. The van der Waals surface area contributed by atoms with E-state index in [0.717, 1.165) is 89.9 Å². The van der Waals surface area contributed by atoms with Gasteiger partial charge in [0.05, 0.1) is 13.2 Å². The molecule has 1 amide bonds. The molecule has 11 nitrogen and oxygen atoms in total. The van der Waals surface area contributed by atoms with Gasteiger partial charge in [0.2, 0.25) is 5.91 Å². The summed E-state index contributed by atoms with van der Waals surface area (Å²) in [7, 11) is -4.80. The normalized spacial score (nSPS) is 14.7. The van der Waals surface area contributed by atoms with Crippen LogP contribution in [0.5, 0.6) is 0 Å². The van der Waals surface area contributed by atoms with Gasteiger partial charge in [0.25, 0.3) is 0 Å². The van der Waals surface area contributed by atoms with Crippen LogP contribution in [0.25, 0.3) is 0 Å². The summed E-state index contributed by atoms with van der Waals surface area (Å²) in [6.45, 7) is 2.35. The molecule has 0 aromatic rings. The van der Waals surface area contributed by atoms with Gasteiger partial charge in [-0.2, -0.15) is 0 Å². The van der Waals surface area contributed by atoms with Gasteiger partial charge in [-0.15, -0.1) is 0 Å². The lowest BCUT2D eigenvalue weighted by molar-refractivity contribution is -0.147. The number of nitrogens with one attached hydrogen (secondary N) is 1. The number of carboxylic acid groups (broad SMARTS) is 1. The highest BCUT2D eigenvalue weighted by molar-refractivity contribution is 7.47. The molecule has 0 saturated heterocycles. The third-order valence-electron chi connectivity index (χ3n) is 9.45. The summed E-state index contributed by atoms with van der Waals surface area (Å²) < 4.78 is 26.8. The summed E-state index contributed by atoms with van der Waals surface area (Å²) in [6, 6.07) is -1.62. The topological polar surface area (TPSA) is 169 Å². The quantitative estimate of drug-likeness (QED) is 0.0200. The van der Waals surface area contributed by atoms with Gasteiger partial charge in [-0.05, 0) is 96.3 Å². The fourth-order valence-electron chi connectivity index (χ4n) is 5.73. The summed E-state index contributed by atoms with van der Waals surface area (Å²) in [5.41, 5.74) is 0. The second-order valence-electron chi connectivity index (χ2n) is 15.6. The number of carbonyl (C=O) groups is 3. The summed E-state index contributed by atoms with van der Waals surface area (Å²) in [4.78, 5) is 46.0. The van der Waals surface area contributed by atoms with E-state index in [1.807, 2.05) is 12.2 Å². The number of aliphatic hydroxyl groups is 1. The van der Waals surface area contributed by atoms with Crippen LogP contribution in [0.3, 0.4) is 0 Å². The van der Waals surface area contributed by atoms with Crippen LogP contribution in [0.4, 0.5) is 0 Å². The van der Waals surface area contributed by atoms with Gasteiger partial charge in [-0.1, -0.05) is 180 Å². The van der Waals surface area contributed by atoms with E-state index in [2.05, 4.69) is 129 Å². The van der Waals surface area contributed by atoms with E-state index in [-0.39, 0.29) is 12.8 Å². The molecule has 0 aromatic heterocycles. The first-order valence-corrected chi connectivity index (χ1v) is 25.7. The van der Waals surface area contributed by atoms with Crippen LogP contribution in [0.1, 0.15) is 155 Å². The fourth-order valence-corrected chi connectivity index (χ4v) is 6.50. The number of allylic oxidation sites excluding steroid dienone is 21. The van der Waals surface area contributed by atoms with Crippen LogP contribution < -0.4 is 5.32 Å². The van der Waals surface area contributed by atoms with Crippen molar-refractivity contribution in [1.82, 2.24) is 5.32 Å². The Bertz CT molecular complexity index is 1620. The molecule has 370 valence electrons. The van der Waals surface area contributed by atoms with E-state index in [4.69, 9.17) is 13.8 Å². The Morgan fingerprint density at radius 1 is 0.515 bits per heavy atom. The van der Waals surface area contributed by atoms with E-state index in [0.29, 0.717) is 12.8 Å². The van der Waals surface area contributed by atoms with Crippen LogP contribution in [0, 0.1) is 0 Å². The predicted octanol–water partition coefficient (Wildman–Crippen LogP) is 13.3. The lowest BCUT2D eigenvalue weighted by atomic mass is 10.1. The Labute approximate surface area is 398 Å². The smallest absolute Gasteiger partial charge is 0.472 e. The van der Waals surface area contributed by atoms with Gasteiger partial charge < -0.3 is 25.2 Å². The SMILES string of the molecule is CC/C=C\C/C=C\C/C=C\C/C=C\C/C=C\C/C=C\C/C=C\CC(=O)NC(COP(=O)(O)OCC(O)COC(=O)CCCCCCC/C=C\C/C=C\C/C=C\C/C=C\CCCCC)C(=O)O. The molecule has 0 saturated carbocycles. The molecule has 0 bridgehead atoms. The number of carbonyl (C=O) groups excluding carboxylic acids is 2. The Morgan fingerprint density at radius 3 is 1.36 bits per heavy atom. The molecular weight excluding hydrogens is 854 g/mol. The number of phosphoric ester groups is 1. The van der Waals surface area contributed by atoms with Crippen molar-refractivity contribution in [3.63, 3.8) is 0 Å². The molecule has 3 atom stereocenters. The van der Waals surface area contributed by atoms with E-state index >= 15 is 0 Å². The van der Waals surface area contributed by atoms with E-state index in [1.54, 1.807) is 12.2 Å². The molecule has 0 aliphatic carbocycles. The molecule has 12 heteroatoms. The van der Waals surface area contributed by atoms with Crippen molar-refractivity contribution in [3.05, 3.63) is 134 Å². The van der Waals surface area contributed by atoms with Crippen molar-refractivity contribution in [2.75, 3.05) is 19.8 Å². The monoisotopic (exact) mass is 938 g/mol. The highest BCUT2D eigenvalue weighted by atomic mass is 31.2.